The number of nitro benzene ring substituents is 1. The van der Waals surface area contributed by atoms with Gasteiger partial charge in [-0.05, 0) is 25.0 Å². The molecule has 0 saturated heterocycles. The highest BCUT2D eigenvalue weighted by Gasteiger charge is 2.04. The minimum Gasteiger partial charge on any atom is -0.357 e. The van der Waals surface area contributed by atoms with Crippen molar-refractivity contribution in [2.45, 2.75) is 26.9 Å². The molecule has 0 saturated carbocycles. The van der Waals surface area contributed by atoms with Gasteiger partial charge >= 0.3 is 0 Å². The molecule has 0 unspecified atom stereocenters. The number of aliphatic imine (C=N–C) groups is 1. The van der Waals surface area contributed by atoms with E-state index in [4.69, 9.17) is 0 Å². The van der Waals surface area contributed by atoms with Gasteiger partial charge in [-0.3, -0.25) is 10.1 Å². The lowest BCUT2D eigenvalue weighted by Crippen LogP contribution is -2.36. The standard InChI is InChI=1S/C18H22N4O2/c1-3-19-18(20-12-15-6-4-14(2)5-7-15)21-13-16-8-10-17(11-9-16)22(23)24/h4-11H,3,12-13H2,1-2H3,(H2,19,20,21). The Labute approximate surface area is 141 Å². The summed E-state index contributed by atoms with van der Waals surface area (Å²) in [6.07, 6.45) is 0. The molecular formula is C18H22N4O2. The van der Waals surface area contributed by atoms with E-state index < -0.39 is 4.92 Å². The van der Waals surface area contributed by atoms with Gasteiger partial charge in [0.15, 0.2) is 5.96 Å². The monoisotopic (exact) mass is 326 g/mol. The summed E-state index contributed by atoms with van der Waals surface area (Å²) < 4.78 is 0. The van der Waals surface area contributed by atoms with Gasteiger partial charge in [-0.2, -0.15) is 0 Å². The van der Waals surface area contributed by atoms with Gasteiger partial charge in [0, 0.05) is 25.2 Å². The molecule has 126 valence electrons. The van der Waals surface area contributed by atoms with Crippen LogP contribution >= 0.6 is 0 Å². The van der Waals surface area contributed by atoms with E-state index in [2.05, 4.69) is 46.8 Å². The molecule has 2 aromatic carbocycles. The summed E-state index contributed by atoms with van der Waals surface area (Å²) in [7, 11) is 0. The molecule has 0 aromatic heterocycles. The maximum Gasteiger partial charge on any atom is 0.269 e. The topological polar surface area (TPSA) is 79.6 Å². The lowest BCUT2D eigenvalue weighted by Gasteiger charge is -2.11. The maximum atomic E-state index is 10.7. The molecule has 24 heavy (non-hydrogen) atoms. The molecule has 2 rings (SSSR count). The zero-order valence-corrected chi connectivity index (χ0v) is 14.0. The summed E-state index contributed by atoms with van der Waals surface area (Å²) in [5.41, 5.74) is 3.43. The number of nitro groups is 1. The lowest BCUT2D eigenvalue weighted by molar-refractivity contribution is -0.384. The molecule has 6 nitrogen and oxygen atoms in total. The average molecular weight is 326 g/mol. The second-order valence-corrected chi connectivity index (χ2v) is 5.46. The largest absolute Gasteiger partial charge is 0.357 e. The molecule has 0 aliphatic carbocycles. The zero-order valence-electron chi connectivity index (χ0n) is 14.0. The van der Waals surface area contributed by atoms with Gasteiger partial charge in [-0.25, -0.2) is 4.99 Å². The smallest absolute Gasteiger partial charge is 0.269 e. The third kappa shape index (κ3) is 5.39. The molecule has 0 amide bonds. The normalized spacial score (nSPS) is 11.2. The van der Waals surface area contributed by atoms with Gasteiger partial charge in [0.2, 0.25) is 0 Å². The van der Waals surface area contributed by atoms with Crippen molar-refractivity contribution in [2.24, 2.45) is 4.99 Å². The number of guanidine groups is 1. The van der Waals surface area contributed by atoms with Crippen LogP contribution in [0.25, 0.3) is 0 Å². The van der Waals surface area contributed by atoms with Crippen molar-refractivity contribution in [2.75, 3.05) is 6.54 Å². The fourth-order valence-electron chi connectivity index (χ4n) is 2.13. The Bertz CT molecular complexity index is 694. The first-order valence-corrected chi connectivity index (χ1v) is 7.89. The van der Waals surface area contributed by atoms with Gasteiger partial charge in [-0.15, -0.1) is 0 Å². The van der Waals surface area contributed by atoms with Gasteiger partial charge in [0.05, 0.1) is 11.5 Å². The molecule has 0 atom stereocenters. The van der Waals surface area contributed by atoms with Crippen molar-refractivity contribution in [1.82, 2.24) is 10.6 Å². The highest BCUT2D eigenvalue weighted by molar-refractivity contribution is 5.79. The summed E-state index contributed by atoms with van der Waals surface area (Å²) in [4.78, 5) is 14.8. The summed E-state index contributed by atoms with van der Waals surface area (Å²) >= 11 is 0. The average Bonchev–Trinajstić information content (AvgIpc) is 2.59. The van der Waals surface area contributed by atoms with Gasteiger partial charge in [0.1, 0.15) is 0 Å². The van der Waals surface area contributed by atoms with Crippen LogP contribution in [0.3, 0.4) is 0 Å². The summed E-state index contributed by atoms with van der Waals surface area (Å²) in [6, 6.07) is 14.8. The minimum atomic E-state index is -0.399. The molecule has 0 heterocycles. The van der Waals surface area contributed by atoms with Crippen LogP contribution in [-0.4, -0.2) is 17.4 Å². The van der Waals surface area contributed by atoms with E-state index in [-0.39, 0.29) is 5.69 Å². The minimum absolute atomic E-state index is 0.0960. The Kier molecular flexibility index (Phi) is 6.31. The number of nitrogens with zero attached hydrogens (tertiary/aromatic N) is 2. The van der Waals surface area contributed by atoms with Crippen molar-refractivity contribution in [3.8, 4) is 0 Å². The molecule has 6 heteroatoms. The Morgan fingerprint density at radius 3 is 2.25 bits per heavy atom. The van der Waals surface area contributed by atoms with Crippen molar-refractivity contribution >= 4 is 11.6 Å². The van der Waals surface area contributed by atoms with Crippen molar-refractivity contribution in [3.63, 3.8) is 0 Å². The maximum absolute atomic E-state index is 10.7. The first kappa shape index (κ1) is 17.5. The van der Waals surface area contributed by atoms with Crippen LogP contribution in [0.2, 0.25) is 0 Å². The van der Waals surface area contributed by atoms with Crippen LogP contribution in [0.4, 0.5) is 5.69 Å². The third-order valence-corrected chi connectivity index (χ3v) is 3.49. The quantitative estimate of drug-likeness (QED) is 0.370. The van der Waals surface area contributed by atoms with Crippen LogP contribution in [0, 0.1) is 17.0 Å². The van der Waals surface area contributed by atoms with Gasteiger partial charge in [0.25, 0.3) is 5.69 Å². The van der Waals surface area contributed by atoms with E-state index in [0.29, 0.717) is 13.1 Å². The Balaban J connectivity index is 1.95. The Hall–Kier alpha value is -2.89. The first-order chi connectivity index (χ1) is 11.6. The van der Waals surface area contributed by atoms with Crippen molar-refractivity contribution in [3.05, 3.63) is 75.3 Å². The Morgan fingerprint density at radius 2 is 1.67 bits per heavy atom. The third-order valence-electron chi connectivity index (χ3n) is 3.49. The number of hydrogen-bond donors (Lipinski definition) is 2. The van der Waals surface area contributed by atoms with E-state index in [9.17, 15) is 10.1 Å². The molecule has 0 fully saturated rings. The van der Waals surface area contributed by atoms with Crippen LogP contribution in [0.1, 0.15) is 23.6 Å². The predicted octanol–water partition coefficient (Wildman–Crippen LogP) is 3.16. The Morgan fingerprint density at radius 1 is 1.04 bits per heavy atom. The van der Waals surface area contributed by atoms with Gasteiger partial charge < -0.3 is 10.6 Å². The van der Waals surface area contributed by atoms with E-state index in [0.717, 1.165) is 23.6 Å². The molecule has 0 spiro atoms. The van der Waals surface area contributed by atoms with Crippen LogP contribution in [0.5, 0.6) is 0 Å². The van der Waals surface area contributed by atoms with Crippen molar-refractivity contribution < 1.29 is 4.92 Å². The zero-order chi connectivity index (χ0) is 17.4. The predicted molar refractivity (Wildman–Crippen MR) is 95.9 cm³/mol. The SMILES string of the molecule is CCNC(=NCc1ccc(C)cc1)NCc1ccc([N+](=O)[O-])cc1. The van der Waals surface area contributed by atoms with Crippen LogP contribution in [0.15, 0.2) is 53.5 Å². The summed E-state index contributed by atoms with van der Waals surface area (Å²) in [6.45, 7) is 5.98. The number of nitrogens with one attached hydrogen (secondary N) is 2. The highest BCUT2D eigenvalue weighted by Crippen LogP contribution is 2.11. The van der Waals surface area contributed by atoms with E-state index >= 15 is 0 Å². The number of rotatable bonds is 6. The van der Waals surface area contributed by atoms with E-state index in [1.165, 1.54) is 17.7 Å². The number of aryl methyl sites for hydroxylation is 1. The second-order valence-electron chi connectivity index (χ2n) is 5.46. The molecule has 0 aliphatic rings. The second kappa shape index (κ2) is 8.67. The molecule has 2 aromatic rings. The molecular weight excluding hydrogens is 304 g/mol. The summed E-state index contributed by atoms with van der Waals surface area (Å²) in [5.74, 6) is 0.719. The van der Waals surface area contributed by atoms with E-state index in [1.54, 1.807) is 12.1 Å². The van der Waals surface area contributed by atoms with Crippen LogP contribution < -0.4 is 10.6 Å². The summed E-state index contributed by atoms with van der Waals surface area (Å²) in [5, 5.41) is 17.1. The van der Waals surface area contributed by atoms with Gasteiger partial charge in [-0.1, -0.05) is 42.0 Å². The first-order valence-electron chi connectivity index (χ1n) is 7.89. The highest BCUT2D eigenvalue weighted by atomic mass is 16.6. The molecule has 0 aliphatic heterocycles. The van der Waals surface area contributed by atoms with E-state index in [1.807, 2.05) is 6.92 Å². The van der Waals surface area contributed by atoms with Crippen molar-refractivity contribution in [1.29, 1.82) is 0 Å². The molecule has 0 bridgehead atoms. The van der Waals surface area contributed by atoms with Crippen LogP contribution in [-0.2, 0) is 13.1 Å². The fraction of sp³-hybridized carbons (Fsp3) is 0.278. The number of hydrogen-bond acceptors (Lipinski definition) is 3. The molecule has 2 N–H and O–H groups in total. The lowest BCUT2D eigenvalue weighted by atomic mass is 10.1. The number of benzene rings is 2. The fourth-order valence-corrected chi connectivity index (χ4v) is 2.13. The molecule has 0 radical (unpaired) electrons. The number of non-ortho nitro benzene ring substituents is 1.